The highest BCUT2D eigenvalue weighted by molar-refractivity contribution is 6.17. The number of para-hydroxylation sites is 1. The van der Waals surface area contributed by atoms with Crippen LogP contribution in [0.5, 0.6) is 11.5 Å². The van der Waals surface area contributed by atoms with Gasteiger partial charge in [-0.05, 0) is 6.07 Å². The van der Waals surface area contributed by atoms with Gasteiger partial charge in [0.1, 0.15) is 0 Å². The Morgan fingerprint density at radius 3 is 2.67 bits per heavy atom. The van der Waals surface area contributed by atoms with E-state index in [4.69, 9.17) is 21.1 Å². The largest absolute Gasteiger partial charge is 0.513 e. The molecule has 0 aromatic heterocycles. The second-order valence-electron chi connectivity index (χ2n) is 2.64. The van der Waals surface area contributed by atoms with Gasteiger partial charge in [0.2, 0.25) is 0 Å². The zero-order valence-electron chi connectivity index (χ0n) is 8.45. The first kappa shape index (κ1) is 11.7. The maximum atomic E-state index is 10.9. The van der Waals surface area contributed by atoms with E-state index in [0.29, 0.717) is 11.5 Å². The highest BCUT2D eigenvalue weighted by Gasteiger charge is 2.12. The molecule has 0 bridgehead atoms. The normalized spacial score (nSPS) is 9.53. The molecular formula is C10H11ClO4. The van der Waals surface area contributed by atoms with E-state index in [0.717, 1.165) is 5.56 Å². The summed E-state index contributed by atoms with van der Waals surface area (Å²) in [5.41, 5.74) is 0.751. The highest BCUT2D eigenvalue weighted by atomic mass is 35.5. The molecule has 0 aliphatic rings. The summed E-state index contributed by atoms with van der Waals surface area (Å²) in [6.07, 6.45) is -0.792. The first-order valence-electron chi connectivity index (χ1n) is 4.20. The van der Waals surface area contributed by atoms with Gasteiger partial charge in [-0.1, -0.05) is 12.1 Å². The highest BCUT2D eigenvalue weighted by Crippen LogP contribution is 2.32. The van der Waals surface area contributed by atoms with Crippen LogP contribution in [-0.2, 0) is 10.6 Å². The SMILES string of the molecule is COC(=O)Oc1cccc(CCl)c1OC. The van der Waals surface area contributed by atoms with Crippen molar-refractivity contribution in [2.45, 2.75) is 5.88 Å². The van der Waals surface area contributed by atoms with Crippen LogP contribution in [-0.4, -0.2) is 20.4 Å². The van der Waals surface area contributed by atoms with Gasteiger partial charge in [-0.3, -0.25) is 0 Å². The van der Waals surface area contributed by atoms with E-state index in [1.807, 2.05) is 0 Å². The summed E-state index contributed by atoms with van der Waals surface area (Å²) in [5.74, 6) is 1.02. The van der Waals surface area contributed by atoms with Crippen molar-refractivity contribution in [2.24, 2.45) is 0 Å². The van der Waals surface area contributed by atoms with E-state index < -0.39 is 6.16 Å². The molecule has 0 spiro atoms. The third kappa shape index (κ3) is 2.76. The van der Waals surface area contributed by atoms with Crippen molar-refractivity contribution < 1.29 is 19.0 Å². The fourth-order valence-corrected chi connectivity index (χ4v) is 1.32. The minimum atomic E-state index is -0.792. The Hall–Kier alpha value is -1.42. The summed E-state index contributed by atoms with van der Waals surface area (Å²) in [4.78, 5) is 10.9. The van der Waals surface area contributed by atoms with Crippen LogP contribution in [0.2, 0.25) is 0 Å². The van der Waals surface area contributed by atoms with Gasteiger partial charge >= 0.3 is 6.16 Å². The van der Waals surface area contributed by atoms with Crippen LogP contribution in [0.4, 0.5) is 4.79 Å². The van der Waals surface area contributed by atoms with Crippen molar-refractivity contribution in [2.75, 3.05) is 14.2 Å². The van der Waals surface area contributed by atoms with Crippen LogP contribution in [0, 0.1) is 0 Å². The van der Waals surface area contributed by atoms with E-state index >= 15 is 0 Å². The quantitative estimate of drug-likeness (QED) is 0.455. The van der Waals surface area contributed by atoms with Gasteiger partial charge in [0.15, 0.2) is 11.5 Å². The predicted molar refractivity (Wildman–Crippen MR) is 55.6 cm³/mol. The molecule has 0 saturated heterocycles. The third-order valence-electron chi connectivity index (χ3n) is 1.77. The molecule has 0 heterocycles. The third-order valence-corrected chi connectivity index (χ3v) is 2.06. The lowest BCUT2D eigenvalue weighted by Crippen LogP contribution is -2.08. The summed E-state index contributed by atoms with van der Waals surface area (Å²) < 4.78 is 14.4. The van der Waals surface area contributed by atoms with Gasteiger partial charge in [-0.25, -0.2) is 4.79 Å². The number of halogens is 1. The molecule has 0 aliphatic carbocycles. The minimum absolute atomic E-state index is 0.279. The fourth-order valence-electron chi connectivity index (χ4n) is 1.11. The molecule has 0 aliphatic heterocycles. The van der Waals surface area contributed by atoms with Crippen molar-refractivity contribution in [3.05, 3.63) is 23.8 Å². The molecule has 82 valence electrons. The number of hydrogen-bond donors (Lipinski definition) is 0. The number of ether oxygens (including phenoxy) is 3. The molecule has 0 unspecified atom stereocenters. The molecule has 5 heteroatoms. The van der Waals surface area contributed by atoms with Crippen LogP contribution < -0.4 is 9.47 Å². The second-order valence-corrected chi connectivity index (χ2v) is 2.91. The lowest BCUT2D eigenvalue weighted by Gasteiger charge is -2.10. The maximum absolute atomic E-state index is 10.9. The number of methoxy groups -OCH3 is 2. The van der Waals surface area contributed by atoms with Crippen molar-refractivity contribution >= 4 is 17.8 Å². The Morgan fingerprint density at radius 1 is 1.40 bits per heavy atom. The molecule has 0 N–H and O–H groups in total. The van der Waals surface area contributed by atoms with Crippen molar-refractivity contribution in [3.63, 3.8) is 0 Å². The molecule has 1 rings (SSSR count). The maximum Gasteiger partial charge on any atom is 0.513 e. The van der Waals surface area contributed by atoms with Gasteiger partial charge in [0.05, 0.1) is 20.1 Å². The molecule has 4 nitrogen and oxygen atoms in total. The predicted octanol–water partition coefficient (Wildman–Crippen LogP) is 2.58. The summed E-state index contributed by atoms with van der Waals surface area (Å²) in [5, 5.41) is 0. The fraction of sp³-hybridized carbons (Fsp3) is 0.300. The number of carbonyl (C=O) groups excluding carboxylic acids is 1. The van der Waals surface area contributed by atoms with Gasteiger partial charge < -0.3 is 14.2 Å². The van der Waals surface area contributed by atoms with E-state index in [1.165, 1.54) is 14.2 Å². The Bertz CT molecular complexity index is 351. The molecular weight excluding hydrogens is 220 g/mol. The Morgan fingerprint density at radius 2 is 2.13 bits per heavy atom. The van der Waals surface area contributed by atoms with Crippen molar-refractivity contribution in [3.8, 4) is 11.5 Å². The summed E-state index contributed by atoms with van der Waals surface area (Å²) in [6, 6.07) is 5.11. The number of rotatable bonds is 3. The number of benzene rings is 1. The Labute approximate surface area is 92.7 Å². The van der Waals surface area contributed by atoms with Crippen LogP contribution in [0.1, 0.15) is 5.56 Å². The number of alkyl halides is 1. The van der Waals surface area contributed by atoms with Crippen molar-refractivity contribution in [1.82, 2.24) is 0 Å². The van der Waals surface area contributed by atoms with E-state index in [9.17, 15) is 4.79 Å². The number of carbonyl (C=O) groups is 1. The topological polar surface area (TPSA) is 44.8 Å². The Kier molecular flexibility index (Phi) is 4.24. The van der Waals surface area contributed by atoms with E-state index in [2.05, 4.69) is 4.74 Å². The average molecular weight is 231 g/mol. The lowest BCUT2D eigenvalue weighted by atomic mass is 10.2. The zero-order chi connectivity index (χ0) is 11.3. The molecule has 0 amide bonds. The molecule has 0 fully saturated rings. The monoisotopic (exact) mass is 230 g/mol. The average Bonchev–Trinajstić information content (AvgIpc) is 2.28. The van der Waals surface area contributed by atoms with Gasteiger partial charge in [0, 0.05) is 5.56 Å². The van der Waals surface area contributed by atoms with E-state index in [-0.39, 0.29) is 5.88 Å². The molecule has 0 atom stereocenters. The first-order valence-corrected chi connectivity index (χ1v) is 4.74. The van der Waals surface area contributed by atoms with Crippen molar-refractivity contribution in [1.29, 1.82) is 0 Å². The first-order chi connectivity index (χ1) is 7.22. The zero-order valence-corrected chi connectivity index (χ0v) is 9.21. The minimum Gasteiger partial charge on any atom is -0.493 e. The van der Waals surface area contributed by atoms with Crippen LogP contribution >= 0.6 is 11.6 Å². The van der Waals surface area contributed by atoms with E-state index in [1.54, 1.807) is 18.2 Å². The molecule has 15 heavy (non-hydrogen) atoms. The Balaban J connectivity index is 3.00. The van der Waals surface area contributed by atoms with Gasteiger partial charge in [0.25, 0.3) is 0 Å². The molecule has 0 radical (unpaired) electrons. The molecule has 1 aromatic carbocycles. The van der Waals surface area contributed by atoms with Gasteiger partial charge in [-0.15, -0.1) is 11.6 Å². The van der Waals surface area contributed by atoms with Gasteiger partial charge in [-0.2, -0.15) is 0 Å². The summed E-state index contributed by atoms with van der Waals surface area (Å²) in [6.45, 7) is 0. The van der Waals surface area contributed by atoms with Crippen LogP contribution in [0.25, 0.3) is 0 Å². The second kappa shape index (κ2) is 5.46. The molecule has 0 saturated carbocycles. The van der Waals surface area contributed by atoms with Crippen LogP contribution in [0.15, 0.2) is 18.2 Å². The lowest BCUT2D eigenvalue weighted by molar-refractivity contribution is 0.120. The van der Waals surface area contributed by atoms with Crippen LogP contribution in [0.3, 0.4) is 0 Å². The summed E-state index contributed by atoms with van der Waals surface area (Å²) >= 11 is 5.70. The number of hydrogen-bond acceptors (Lipinski definition) is 4. The molecule has 1 aromatic rings. The smallest absolute Gasteiger partial charge is 0.493 e. The standard InChI is InChI=1S/C10H11ClO4/c1-13-9-7(6-11)4-3-5-8(9)15-10(12)14-2/h3-5H,6H2,1-2H3. The summed E-state index contributed by atoms with van der Waals surface area (Å²) in [7, 11) is 2.72.